The van der Waals surface area contributed by atoms with Crippen molar-refractivity contribution in [3.8, 4) is 5.75 Å². The standard InChI is InChI=1S/C13H18FNO2/c1-8-6-7-17-13(8)12(15)9-4-3-5-10(16-2)11(9)14/h3-5,8,12-13H,6-7,15H2,1-2H3. The van der Waals surface area contributed by atoms with Gasteiger partial charge in [0.05, 0.1) is 19.3 Å². The Morgan fingerprint density at radius 2 is 2.29 bits per heavy atom. The van der Waals surface area contributed by atoms with Gasteiger partial charge in [-0.3, -0.25) is 0 Å². The first-order chi connectivity index (χ1) is 8.15. The van der Waals surface area contributed by atoms with Crippen LogP contribution in [0.1, 0.15) is 24.9 Å². The van der Waals surface area contributed by atoms with Gasteiger partial charge < -0.3 is 15.2 Å². The van der Waals surface area contributed by atoms with E-state index in [9.17, 15) is 4.39 Å². The van der Waals surface area contributed by atoms with Gasteiger partial charge in [-0.25, -0.2) is 4.39 Å². The summed E-state index contributed by atoms with van der Waals surface area (Å²) in [7, 11) is 1.45. The molecule has 3 unspecified atom stereocenters. The highest BCUT2D eigenvalue weighted by atomic mass is 19.1. The summed E-state index contributed by atoms with van der Waals surface area (Å²) in [6.45, 7) is 2.78. The molecule has 1 aromatic carbocycles. The van der Waals surface area contributed by atoms with Crippen LogP contribution in [0, 0.1) is 11.7 Å². The highest BCUT2D eigenvalue weighted by Gasteiger charge is 2.32. The van der Waals surface area contributed by atoms with Crippen LogP contribution in [0.15, 0.2) is 18.2 Å². The predicted molar refractivity (Wildman–Crippen MR) is 63.4 cm³/mol. The van der Waals surface area contributed by atoms with E-state index in [0.29, 0.717) is 18.1 Å². The lowest BCUT2D eigenvalue weighted by atomic mass is 9.93. The van der Waals surface area contributed by atoms with Crippen LogP contribution < -0.4 is 10.5 Å². The highest BCUT2D eigenvalue weighted by molar-refractivity contribution is 5.33. The number of halogens is 1. The van der Waals surface area contributed by atoms with Crippen LogP contribution in [0.4, 0.5) is 4.39 Å². The molecule has 0 aromatic heterocycles. The monoisotopic (exact) mass is 239 g/mol. The molecule has 0 radical (unpaired) electrons. The maximum Gasteiger partial charge on any atom is 0.169 e. The van der Waals surface area contributed by atoms with Crippen LogP contribution in [-0.4, -0.2) is 19.8 Å². The lowest BCUT2D eigenvalue weighted by Crippen LogP contribution is -2.30. The highest BCUT2D eigenvalue weighted by Crippen LogP contribution is 2.32. The van der Waals surface area contributed by atoms with E-state index < -0.39 is 6.04 Å². The van der Waals surface area contributed by atoms with E-state index >= 15 is 0 Å². The van der Waals surface area contributed by atoms with Crippen molar-refractivity contribution >= 4 is 0 Å². The van der Waals surface area contributed by atoms with Crippen molar-refractivity contribution in [1.82, 2.24) is 0 Å². The summed E-state index contributed by atoms with van der Waals surface area (Å²) in [6, 6.07) is 4.58. The summed E-state index contributed by atoms with van der Waals surface area (Å²) in [5.41, 5.74) is 6.56. The predicted octanol–water partition coefficient (Wildman–Crippen LogP) is 2.26. The number of rotatable bonds is 3. The maximum atomic E-state index is 14.0. The van der Waals surface area contributed by atoms with Gasteiger partial charge in [0, 0.05) is 12.2 Å². The molecular weight excluding hydrogens is 221 g/mol. The van der Waals surface area contributed by atoms with Gasteiger partial charge in [-0.2, -0.15) is 0 Å². The first-order valence-corrected chi connectivity index (χ1v) is 5.84. The number of benzene rings is 1. The van der Waals surface area contributed by atoms with Gasteiger partial charge in [0.15, 0.2) is 11.6 Å². The van der Waals surface area contributed by atoms with Crippen molar-refractivity contribution < 1.29 is 13.9 Å². The van der Waals surface area contributed by atoms with Crippen LogP contribution in [0.2, 0.25) is 0 Å². The maximum absolute atomic E-state index is 14.0. The van der Waals surface area contributed by atoms with E-state index in [4.69, 9.17) is 15.2 Å². The first kappa shape index (κ1) is 12.3. The third kappa shape index (κ3) is 2.28. The van der Waals surface area contributed by atoms with Gasteiger partial charge in [0.2, 0.25) is 0 Å². The largest absolute Gasteiger partial charge is 0.494 e. The number of ether oxygens (including phenoxy) is 2. The SMILES string of the molecule is COc1cccc(C(N)C2OCCC2C)c1F. The van der Waals surface area contributed by atoms with Crippen LogP contribution in [0.25, 0.3) is 0 Å². The third-order valence-electron chi connectivity index (χ3n) is 3.37. The molecule has 1 aliphatic heterocycles. The summed E-state index contributed by atoms with van der Waals surface area (Å²) in [5, 5.41) is 0. The average Bonchev–Trinajstić information content (AvgIpc) is 2.75. The van der Waals surface area contributed by atoms with Crippen molar-refractivity contribution in [3.63, 3.8) is 0 Å². The minimum absolute atomic E-state index is 0.114. The molecule has 0 bridgehead atoms. The number of hydrogen-bond acceptors (Lipinski definition) is 3. The van der Waals surface area contributed by atoms with Gasteiger partial charge >= 0.3 is 0 Å². The normalized spacial score (nSPS) is 25.9. The molecule has 0 aliphatic carbocycles. The molecule has 17 heavy (non-hydrogen) atoms. The number of nitrogens with two attached hydrogens (primary N) is 1. The van der Waals surface area contributed by atoms with Gasteiger partial charge in [-0.15, -0.1) is 0 Å². The number of hydrogen-bond donors (Lipinski definition) is 1. The van der Waals surface area contributed by atoms with Crippen molar-refractivity contribution in [3.05, 3.63) is 29.6 Å². The molecule has 2 rings (SSSR count). The van der Waals surface area contributed by atoms with Crippen LogP contribution in [0.5, 0.6) is 5.75 Å². The molecule has 1 fully saturated rings. The molecule has 1 aliphatic rings. The van der Waals surface area contributed by atoms with Crippen molar-refractivity contribution in [2.75, 3.05) is 13.7 Å². The van der Waals surface area contributed by atoms with Crippen molar-refractivity contribution in [2.24, 2.45) is 11.7 Å². The molecule has 1 heterocycles. The molecule has 2 N–H and O–H groups in total. The molecule has 3 atom stereocenters. The van der Waals surface area contributed by atoms with Crippen molar-refractivity contribution in [2.45, 2.75) is 25.5 Å². The minimum atomic E-state index is -0.442. The van der Waals surface area contributed by atoms with E-state index in [1.165, 1.54) is 7.11 Å². The first-order valence-electron chi connectivity index (χ1n) is 5.84. The molecule has 1 aromatic rings. The van der Waals surface area contributed by atoms with Crippen LogP contribution in [-0.2, 0) is 4.74 Å². The fourth-order valence-electron chi connectivity index (χ4n) is 2.30. The summed E-state index contributed by atoms with van der Waals surface area (Å²) >= 11 is 0. The fraction of sp³-hybridized carbons (Fsp3) is 0.538. The zero-order valence-electron chi connectivity index (χ0n) is 10.2. The van der Waals surface area contributed by atoms with E-state index in [-0.39, 0.29) is 17.7 Å². The van der Waals surface area contributed by atoms with Gasteiger partial charge in [0.1, 0.15) is 0 Å². The molecule has 0 saturated carbocycles. The Morgan fingerprint density at radius 3 is 2.88 bits per heavy atom. The fourth-order valence-corrected chi connectivity index (χ4v) is 2.30. The molecule has 0 amide bonds. The zero-order valence-corrected chi connectivity index (χ0v) is 10.2. The summed E-state index contributed by atoms with van der Waals surface area (Å²) in [6.07, 6.45) is 0.862. The molecule has 4 heteroatoms. The summed E-state index contributed by atoms with van der Waals surface area (Å²) in [4.78, 5) is 0. The van der Waals surface area contributed by atoms with E-state index in [2.05, 4.69) is 6.92 Å². The van der Waals surface area contributed by atoms with Gasteiger partial charge in [-0.05, 0) is 18.4 Å². The lowest BCUT2D eigenvalue weighted by molar-refractivity contribution is 0.0713. The van der Waals surface area contributed by atoms with E-state index in [1.807, 2.05) is 0 Å². The van der Waals surface area contributed by atoms with Crippen molar-refractivity contribution in [1.29, 1.82) is 0 Å². The Kier molecular flexibility index (Phi) is 3.64. The molecule has 3 nitrogen and oxygen atoms in total. The van der Waals surface area contributed by atoms with Gasteiger partial charge in [-0.1, -0.05) is 19.1 Å². The van der Waals surface area contributed by atoms with Crippen LogP contribution in [0.3, 0.4) is 0 Å². The second-order valence-corrected chi connectivity index (χ2v) is 4.49. The average molecular weight is 239 g/mol. The van der Waals surface area contributed by atoms with E-state index in [0.717, 1.165) is 6.42 Å². The Balaban J connectivity index is 2.27. The minimum Gasteiger partial charge on any atom is -0.494 e. The summed E-state index contributed by atoms with van der Waals surface area (Å²) in [5.74, 6) is 0.199. The Bertz CT molecular complexity index is 397. The lowest BCUT2D eigenvalue weighted by Gasteiger charge is -2.23. The topological polar surface area (TPSA) is 44.5 Å². The smallest absolute Gasteiger partial charge is 0.169 e. The van der Waals surface area contributed by atoms with Crippen LogP contribution >= 0.6 is 0 Å². The van der Waals surface area contributed by atoms with Gasteiger partial charge in [0.25, 0.3) is 0 Å². The Hall–Kier alpha value is -1.13. The second kappa shape index (κ2) is 5.02. The Labute approximate surface area is 101 Å². The second-order valence-electron chi connectivity index (χ2n) is 4.49. The molecule has 0 spiro atoms. The Morgan fingerprint density at radius 1 is 1.53 bits per heavy atom. The third-order valence-corrected chi connectivity index (χ3v) is 3.37. The molecule has 1 saturated heterocycles. The molecular formula is C13H18FNO2. The molecule has 94 valence electrons. The summed E-state index contributed by atoms with van der Waals surface area (Å²) < 4.78 is 24.6. The zero-order chi connectivity index (χ0) is 12.4. The quantitative estimate of drug-likeness (QED) is 0.880. The number of methoxy groups -OCH3 is 1. The van der Waals surface area contributed by atoms with E-state index in [1.54, 1.807) is 18.2 Å².